The van der Waals surface area contributed by atoms with E-state index in [1.165, 1.54) is 22.3 Å². The lowest BCUT2D eigenvalue weighted by Gasteiger charge is -2.49. The minimum absolute atomic E-state index is 0.669. The third-order valence-corrected chi connectivity index (χ3v) is 6.93. The number of aromatic nitrogens is 2. The first-order valence-electron chi connectivity index (χ1n) is 11.6. The zero-order chi connectivity index (χ0) is 22.5. The van der Waals surface area contributed by atoms with Gasteiger partial charge in [0.2, 0.25) is 0 Å². The van der Waals surface area contributed by atoms with Crippen molar-refractivity contribution >= 4 is 23.0 Å². The minimum Gasteiger partial charge on any atom is -0.291 e. The molecule has 0 saturated heterocycles. The maximum Gasteiger partial charge on any atom is 0.179 e. The number of rotatable bonds is 2. The molecule has 2 aliphatic rings. The van der Waals surface area contributed by atoms with Crippen LogP contribution in [0.4, 0.5) is 23.0 Å². The molecule has 34 heavy (non-hydrogen) atoms. The lowest BCUT2D eigenvalue weighted by molar-refractivity contribution is 0.535. The molecule has 4 heteroatoms. The Morgan fingerprint density at radius 3 is 1.38 bits per heavy atom. The highest BCUT2D eigenvalue weighted by Gasteiger charge is 2.57. The number of benzene rings is 4. The largest absolute Gasteiger partial charge is 0.291 e. The highest BCUT2D eigenvalue weighted by atomic mass is 15.5. The predicted molar refractivity (Wildman–Crippen MR) is 136 cm³/mol. The molecule has 0 atom stereocenters. The van der Waals surface area contributed by atoms with Crippen molar-refractivity contribution in [2.75, 3.05) is 9.80 Å². The third kappa shape index (κ3) is 2.48. The van der Waals surface area contributed by atoms with Crippen LogP contribution in [0.5, 0.6) is 0 Å². The second-order valence-electron chi connectivity index (χ2n) is 8.71. The maximum atomic E-state index is 4.91. The van der Waals surface area contributed by atoms with Gasteiger partial charge in [0.1, 0.15) is 0 Å². The molecule has 0 amide bonds. The summed E-state index contributed by atoms with van der Waals surface area (Å²) in [4.78, 5) is 14.6. The molecule has 162 valence electrons. The zero-order valence-corrected chi connectivity index (χ0v) is 18.5. The maximum absolute atomic E-state index is 4.91. The molecule has 0 radical (unpaired) electrons. The Bertz CT molecular complexity index is 1380. The summed E-state index contributed by atoms with van der Waals surface area (Å²) in [5, 5.41) is 0. The number of hydrogen-bond donors (Lipinski definition) is 0. The summed E-state index contributed by atoms with van der Waals surface area (Å²) in [6.07, 6.45) is 4.48. The molecular weight excluding hydrogens is 416 g/mol. The molecule has 1 aliphatic heterocycles. The van der Waals surface area contributed by atoms with Crippen molar-refractivity contribution in [2.45, 2.75) is 12.1 Å². The van der Waals surface area contributed by atoms with Gasteiger partial charge in [-0.2, -0.15) is 0 Å². The molecule has 7 rings (SSSR count). The smallest absolute Gasteiger partial charge is 0.179 e. The standard InChI is InChI=1S/C30H22N4/c1-3-13-24(14-4-1)33-28-29(32-20-19-31-28)34(25-15-5-2-6-16-25)30(33)26-17-9-7-11-22(26)21-23-12-8-10-18-27(23)30/h1-20H,21H2. The van der Waals surface area contributed by atoms with E-state index >= 15 is 0 Å². The quantitative estimate of drug-likeness (QED) is 0.312. The van der Waals surface area contributed by atoms with Gasteiger partial charge in [-0.3, -0.25) is 9.80 Å². The molecule has 5 aromatic rings. The highest BCUT2D eigenvalue weighted by molar-refractivity contribution is 5.89. The number of hydrogen-bond acceptors (Lipinski definition) is 4. The second-order valence-corrected chi connectivity index (χ2v) is 8.71. The molecule has 0 unspecified atom stereocenters. The topological polar surface area (TPSA) is 32.3 Å². The Hall–Kier alpha value is -4.44. The summed E-state index contributed by atoms with van der Waals surface area (Å²) >= 11 is 0. The van der Waals surface area contributed by atoms with Gasteiger partial charge in [0.15, 0.2) is 17.3 Å². The number of fused-ring (bicyclic) bond motifs is 5. The molecule has 0 N–H and O–H groups in total. The first kappa shape index (κ1) is 19.1. The second kappa shape index (κ2) is 7.29. The van der Waals surface area contributed by atoms with Gasteiger partial charge in [-0.05, 0) is 41.8 Å². The van der Waals surface area contributed by atoms with Crippen LogP contribution in [0.3, 0.4) is 0 Å². The van der Waals surface area contributed by atoms with Gasteiger partial charge in [-0.1, -0.05) is 84.9 Å². The fourth-order valence-electron chi connectivity index (χ4n) is 5.68. The van der Waals surface area contributed by atoms with Crippen LogP contribution in [0.15, 0.2) is 122 Å². The lowest BCUT2D eigenvalue weighted by Crippen LogP contribution is -2.54. The van der Waals surface area contributed by atoms with E-state index in [1.807, 2.05) is 0 Å². The van der Waals surface area contributed by atoms with Crippen molar-refractivity contribution in [3.05, 3.63) is 144 Å². The van der Waals surface area contributed by atoms with Crippen LogP contribution in [0.1, 0.15) is 22.3 Å². The SMILES string of the molecule is c1ccc(N2c3nccnc3N(c3ccccc3)C23c2ccccc2Cc2ccccc23)cc1. The first-order valence-corrected chi connectivity index (χ1v) is 11.6. The highest BCUT2D eigenvalue weighted by Crippen LogP contribution is 2.60. The van der Waals surface area contributed by atoms with Gasteiger partial charge >= 0.3 is 0 Å². The van der Waals surface area contributed by atoms with E-state index in [0.29, 0.717) is 0 Å². The van der Waals surface area contributed by atoms with Gasteiger partial charge in [0.05, 0.1) is 0 Å². The van der Waals surface area contributed by atoms with E-state index in [9.17, 15) is 0 Å². The summed E-state index contributed by atoms with van der Waals surface area (Å²) in [5.74, 6) is 1.70. The van der Waals surface area contributed by atoms with E-state index in [4.69, 9.17) is 9.97 Å². The Morgan fingerprint density at radius 2 is 0.912 bits per heavy atom. The Labute approximate surface area is 198 Å². The van der Waals surface area contributed by atoms with Crippen molar-refractivity contribution in [1.82, 2.24) is 9.97 Å². The molecule has 0 fully saturated rings. The number of para-hydroxylation sites is 2. The molecule has 1 aromatic heterocycles. The van der Waals surface area contributed by atoms with E-state index in [2.05, 4.69) is 119 Å². The molecular formula is C30H22N4. The average molecular weight is 439 g/mol. The van der Waals surface area contributed by atoms with Crippen LogP contribution in [0.2, 0.25) is 0 Å². The van der Waals surface area contributed by atoms with Crippen molar-refractivity contribution in [3.63, 3.8) is 0 Å². The Kier molecular flexibility index (Phi) is 4.09. The Morgan fingerprint density at radius 1 is 0.500 bits per heavy atom. The van der Waals surface area contributed by atoms with E-state index in [0.717, 1.165) is 29.4 Å². The van der Waals surface area contributed by atoms with E-state index in [1.54, 1.807) is 12.4 Å². The van der Waals surface area contributed by atoms with Gasteiger partial charge < -0.3 is 0 Å². The molecule has 4 aromatic carbocycles. The molecule has 0 saturated carbocycles. The monoisotopic (exact) mass is 438 g/mol. The Balaban J connectivity index is 1.68. The number of nitrogens with zero attached hydrogens (tertiary/aromatic N) is 4. The van der Waals surface area contributed by atoms with E-state index in [-0.39, 0.29) is 0 Å². The summed E-state index contributed by atoms with van der Waals surface area (Å²) in [5.41, 5.74) is 6.62. The summed E-state index contributed by atoms with van der Waals surface area (Å²) in [6.45, 7) is 0. The van der Waals surface area contributed by atoms with E-state index < -0.39 is 5.66 Å². The van der Waals surface area contributed by atoms with Gasteiger partial charge in [0.25, 0.3) is 0 Å². The molecule has 1 spiro atoms. The van der Waals surface area contributed by atoms with Crippen molar-refractivity contribution in [3.8, 4) is 0 Å². The minimum atomic E-state index is -0.669. The molecule has 0 bridgehead atoms. The summed E-state index contributed by atoms with van der Waals surface area (Å²) in [6, 6.07) is 38.7. The van der Waals surface area contributed by atoms with Crippen LogP contribution < -0.4 is 9.80 Å². The fourth-order valence-corrected chi connectivity index (χ4v) is 5.68. The lowest BCUT2D eigenvalue weighted by atomic mass is 9.76. The third-order valence-electron chi connectivity index (χ3n) is 6.93. The van der Waals surface area contributed by atoms with Crippen molar-refractivity contribution in [2.24, 2.45) is 0 Å². The molecule has 1 aliphatic carbocycles. The van der Waals surface area contributed by atoms with Crippen LogP contribution in [0.25, 0.3) is 0 Å². The van der Waals surface area contributed by atoms with Crippen LogP contribution in [-0.2, 0) is 12.1 Å². The van der Waals surface area contributed by atoms with Crippen molar-refractivity contribution < 1.29 is 0 Å². The predicted octanol–water partition coefficient (Wildman–Crippen LogP) is 6.57. The fraction of sp³-hybridized carbons (Fsp3) is 0.0667. The van der Waals surface area contributed by atoms with Crippen molar-refractivity contribution in [1.29, 1.82) is 0 Å². The van der Waals surface area contributed by atoms with Crippen LogP contribution >= 0.6 is 0 Å². The molecule has 4 nitrogen and oxygen atoms in total. The summed E-state index contributed by atoms with van der Waals surface area (Å²) < 4.78 is 0. The van der Waals surface area contributed by atoms with Gasteiger partial charge in [-0.15, -0.1) is 0 Å². The molecule has 2 heterocycles. The number of anilines is 4. The average Bonchev–Trinajstić information content (AvgIpc) is 3.21. The van der Waals surface area contributed by atoms with Gasteiger partial charge in [0, 0.05) is 34.9 Å². The zero-order valence-electron chi connectivity index (χ0n) is 18.5. The summed E-state index contributed by atoms with van der Waals surface area (Å²) in [7, 11) is 0. The van der Waals surface area contributed by atoms with Crippen LogP contribution in [0, 0.1) is 0 Å². The van der Waals surface area contributed by atoms with Crippen LogP contribution in [-0.4, -0.2) is 9.97 Å². The first-order chi connectivity index (χ1) is 16.9. The van der Waals surface area contributed by atoms with Gasteiger partial charge in [-0.25, -0.2) is 9.97 Å². The normalized spacial score (nSPS) is 15.1.